The van der Waals surface area contributed by atoms with Gasteiger partial charge in [0.2, 0.25) is 11.8 Å². The molecular weight excluding hydrogens is 467 g/mol. The normalized spacial score (nSPS) is 15.4. The number of anilines is 1. The van der Waals surface area contributed by atoms with Crippen molar-refractivity contribution >= 4 is 28.5 Å². The van der Waals surface area contributed by atoms with Gasteiger partial charge in [0.15, 0.2) is 0 Å². The maximum absolute atomic E-state index is 15.4. The molecule has 0 spiro atoms. The number of carbonyl (C=O) groups excluding carboxylic acids is 1. The number of aliphatic imine (C=N–C) groups is 1. The molecule has 3 N–H and O–H groups in total. The molecule has 6 nitrogen and oxygen atoms in total. The zero-order valence-corrected chi connectivity index (χ0v) is 20.2. The van der Waals surface area contributed by atoms with Gasteiger partial charge in [-0.05, 0) is 48.0 Å². The molecule has 1 aliphatic rings. The van der Waals surface area contributed by atoms with Crippen LogP contribution in [0.1, 0.15) is 11.1 Å². The van der Waals surface area contributed by atoms with E-state index in [9.17, 15) is 4.79 Å². The highest BCUT2D eigenvalue weighted by molar-refractivity contribution is 6.37. The number of ether oxygens (including phenoxy) is 1. The molecule has 1 heterocycles. The average Bonchev–Trinajstić information content (AvgIpc) is 2.91. The fourth-order valence-electron chi connectivity index (χ4n) is 3.94. The van der Waals surface area contributed by atoms with Crippen molar-refractivity contribution in [3.8, 4) is 11.6 Å². The molecule has 1 amide bonds. The molecule has 0 radical (unpaired) electrons. The van der Waals surface area contributed by atoms with E-state index in [0.29, 0.717) is 51.0 Å². The maximum atomic E-state index is 15.4. The Morgan fingerprint density at radius 2 is 1.97 bits per heavy atom. The Balaban J connectivity index is 1.81. The van der Waals surface area contributed by atoms with Crippen LogP contribution >= 0.6 is 0 Å². The second-order valence-corrected chi connectivity index (χ2v) is 7.96. The van der Waals surface area contributed by atoms with Crippen LogP contribution in [0.15, 0.2) is 121 Å². The molecule has 7 heteroatoms. The standard InChI is InChI=1S/C30H25FN4O2/c1-4-9-23-29(32)25(22-14-13-21(17-26(22)31)37-28-12-6-7-15-34-28)18-24(30(23)33-3)19-10-8-11-20(16-19)35-27(36)5-2/h4-18H,1-2,32H2,3H3,(H,35,36)/b23-9-,33-30+. The summed E-state index contributed by atoms with van der Waals surface area (Å²) in [5, 5.41) is 2.76. The molecular formula is C30H25FN4O2. The lowest BCUT2D eigenvalue weighted by molar-refractivity contribution is -0.111. The van der Waals surface area contributed by atoms with Gasteiger partial charge in [-0.3, -0.25) is 9.79 Å². The first-order chi connectivity index (χ1) is 17.9. The fraction of sp³-hybridized carbons (Fsp3) is 0.0333. The average molecular weight is 493 g/mol. The summed E-state index contributed by atoms with van der Waals surface area (Å²) in [5.74, 6) is -0.172. The molecule has 1 aliphatic carbocycles. The van der Waals surface area contributed by atoms with Crippen LogP contribution in [0.5, 0.6) is 11.6 Å². The molecule has 0 fully saturated rings. The highest BCUT2D eigenvalue weighted by Gasteiger charge is 2.26. The number of benzene rings is 2. The van der Waals surface area contributed by atoms with Crippen LogP contribution in [-0.2, 0) is 4.79 Å². The first-order valence-corrected chi connectivity index (χ1v) is 11.4. The second-order valence-electron chi connectivity index (χ2n) is 7.96. The summed E-state index contributed by atoms with van der Waals surface area (Å²) in [5.41, 5.74) is 11.0. The van der Waals surface area contributed by atoms with Gasteiger partial charge in [-0.25, -0.2) is 9.37 Å². The largest absolute Gasteiger partial charge is 0.439 e. The maximum Gasteiger partial charge on any atom is 0.247 e. The van der Waals surface area contributed by atoms with Gasteiger partial charge in [-0.2, -0.15) is 0 Å². The lowest BCUT2D eigenvalue weighted by Crippen LogP contribution is -2.19. The molecule has 1 aromatic heterocycles. The van der Waals surface area contributed by atoms with Crippen LogP contribution in [0.3, 0.4) is 0 Å². The zero-order valence-electron chi connectivity index (χ0n) is 20.2. The highest BCUT2D eigenvalue weighted by Crippen LogP contribution is 2.37. The highest BCUT2D eigenvalue weighted by atomic mass is 19.1. The first kappa shape index (κ1) is 25.1. The minimum absolute atomic E-state index is 0.296. The summed E-state index contributed by atoms with van der Waals surface area (Å²) < 4.78 is 21.1. The monoisotopic (exact) mass is 492 g/mol. The van der Waals surface area contributed by atoms with Crippen molar-refractivity contribution in [2.45, 2.75) is 0 Å². The Morgan fingerprint density at radius 1 is 1.14 bits per heavy atom. The molecule has 0 unspecified atom stereocenters. The zero-order chi connectivity index (χ0) is 26.4. The van der Waals surface area contributed by atoms with Gasteiger partial charge in [0.1, 0.15) is 11.6 Å². The van der Waals surface area contributed by atoms with Crippen molar-refractivity contribution in [1.82, 2.24) is 4.98 Å². The Bertz CT molecular complexity index is 1500. The third kappa shape index (κ3) is 5.46. The summed E-state index contributed by atoms with van der Waals surface area (Å²) in [4.78, 5) is 20.4. The molecule has 3 aromatic rings. The molecule has 2 aromatic carbocycles. The smallest absolute Gasteiger partial charge is 0.247 e. The molecule has 0 saturated carbocycles. The molecule has 184 valence electrons. The van der Waals surface area contributed by atoms with Gasteiger partial charge in [0.05, 0.1) is 5.71 Å². The van der Waals surface area contributed by atoms with Gasteiger partial charge in [-0.1, -0.05) is 43.5 Å². The summed E-state index contributed by atoms with van der Waals surface area (Å²) >= 11 is 0. The Morgan fingerprint density at radius 3 is 2.65 bits per heavy atom. The number of hydrogen-bond donors (Lipinski definition) is 2. The third-order valence-electron chi connectivity index (χ3n) is 5.60. The lowest BCUT2D eigenvalue weighted by Gasteiger charge is -2.24. The van der Waals surface area contributed by atoms with Crippen molar-refractivity contribution < 1.29 is 13.9 Å². The Labute approximate surface area is 214 Å². The van der Waals surface area contributed by atoms with Gasteiger partial charge in [0, 0.05) is 59.0 Å². The number of amides is 1. The minimum atomic E-state index is -0.510. The summed E-state index contributed by atoms with van der Waals surface area (Å²) in [6.07, 6.45) is 7.93. The van der Waals surface area contributed by atoms with E-state index in [1.807, 2.05) is 18.2 Å². The predicted octanol–water partition coefficient (Wildman–Crippen LogP) is 6.09. The van der Waals surface area contributed by atoms with Crippen molar-refractivity contribution in [3.63, 3.8) is 0 Å². The van der Waals surface area contributed by atoms with Gasteiger partial charge < -0.3 is 15.8 Å². The number of nitrogens with two attached hydrogens (primary N) is 1. The topological polar surface area (TPSA) is 89.6 Å². The molecule has 4 rings (SSSR count). The van der Waals surface area contributed by atoms with Gasteiger partial charge in [-0.15, -0.1) is 0 Å². The number of rotatable bonds is 7. The van der Waals surface area contributed by atoms with Crippen LogP contribution < -0.4 is 15.8 Å². The molecule has 0 saturated heterocycles. The molecule has 37 heavy (non-hydrogen) atoms. The number of hydrogen-bond acceptors (Lipinski definition) is 5. The summed E-state index contributed by atoms with van der Waals surface area (Å²) in [6, 6.07) is 17.1. The number of allylic oxidation sites excluding steroid dienone is 6. The second kappa shape index (κ2) is 11.1. The van der Waals surface area contributed by atoms with E-state index in [2.05, 4.69) is 28.5 Å². The van der Waals surface area contributed by atoms with Crippen LogP contribution in [0.4, 0.5) is 10.1 Å². The minimum Gasteiger partial charge on any atom is -0.439 e. The van der Waals surface area contributed by atoms with E-state index in [4.69, 9.17) is 10.5 Å². The van der Waals surface area contributed by atoms with E-state index in [0.717, 1.165) is 5.56 Å². The number of halogens is 1. The molecule has 0 atom stereocenters. The van der Waals surface area contributed by atoms with E-state index in [1.165, 1.54) is 12.1 Å². The molecule has 0 aliphatic heterocycles. The number of carbonyl (C=O) groups is 1. The Kier molecular flexibility index (Phi) is 7.54. The van der Waals surface area contributed by atoms with Gasteiger partial charge >= 0.3 is 0 Å². The lowest BCUT2D eigenvalue weighted by atomic mass is 9.83. The predicted molar refractivity (Wildman–Crippen MR) is 147 cm³/mol. The van der Waals surface area contributed by atoms with E-state index >= 15 is 4.39 Å². The van der Waals surface area contributed by atoms with Crippen molar-refractivity contribution in [2.75, 3.05) is 12.4 Å². The molecule has 0 bridgehead atoms. The van der Waals surface area contributed by atoms with Crippen LogP contribution in [0.25, 0.3) is 11.1 Å². The van der Waals surface area contributed by atoms with E-state index < -0.39 is 5.82 Å². The summed E-state index contributed by atoms with van der Waals surface area (Å²) in [7, 11) is 1.66. The number of nitrogens with one attached hydrogen (secondary N) is 1. The van der Waals surface area contributed by atoms with Crippen LogP contribution in [0, 0.1) is 5.82 Å². The number of pyridine rings is 1. The van der Waals surface area contributed by atoms with Crippen LogP contribution in [-0.4, -0.2) is 23.7 Å². The van der Waals surface area contributed by atoms with Gasteiger partial charge in [0.25, 0.3) is 0 Å². The van der Waals surface area contributed by atoms with E-state index in [-0.39, 0.29) is 5.91 Å². The van der Waals surface area contributed by atoms with Crippen LogP contribution in [0.2, 0.25) is 0 Å². The SMILES string of the molecule is C=C/C=C1/C(N)=C(c2ccc(Oc3ccccn3)cc2F)C=C(c2cccc(NC(=O)C=C)c2)/C1=N/C. The number of aromatic nitrogens is 1. The summed E-state index contributed by atoms with van der Waals surface area (Å²) in [6.45, 7) is 7.28. The van der Waals surface area contributed by atoms with Crippen molar-refractivity contribution in [3.05, 3.63) is 133 Å². The van der Waals surface area contributed by atoms with Crippen molar-refractivity contribution in [1.29, 1.82) is 0 Å². The number of nitrogens with zero attached hydrogens (tertiary/aromatic N) is 2. The first-order valence-electron chi connectivity index (χ1n) is 11.4. The Hall–Kier alpha value is -5.04. The fourth-order valence-corrected chi connectivity index (χ4v) is 3.94. The van der Waals surface area contributed by atoms with E-state index in [1.54, 1.807) is 67.9 Å². The van der Waals surface area contributed by atoms with Crippen molar-refractivity contribution in [2.24, 2.45) is 10.7 Å². The third-order valence-corrected chi connectivity index (χ3v) is 5.60. The quantitative estimate of drug-likeness (QED) is 0.391.